The summed E-state index contributed by atoms with van der Waals surface area (Å²) in [6, 6.07) is 14.6. The van der Waals surface area contributed by atoms with Crippen LogP contribution in [0.15, 0.2) is 60.8 Å². The number of aromatic nitrogens is 2. The van der Waals surface area contributed by atoms with E-state index in [-0.39, 0.29) is 12.5 Å². The maximum Gasteiger partial charge on any atom is 0.265 e. The third-order valence-electron chi connectivity index (χ3n) is 8.60. The first-order valence-electron chi connectivity index (χ1n) is 14.6. The molecule has 2 aromatic carbocycles. The van der Waals surface area contributed by atoms with E-state index in [1.54, 1.807) is 11.1 Å². The second-order valence-electron chi connectivity index (χ2n) is 11.3. The summed E-state index contributed by atoms with van der Waals surface area (Å²) in [4.78, 5) is 28.8. The van der Waals surface area contributed by atoms with Crippen LogP contribution in [0.2, 0.25) is 0 Å². The van der Waals surface area contributed by atoms with Crippen LogP contribution in [0.3, 0.4) is 0 Å². The average Bonchev–Trinajstić information content (AvgIpc) is 3.27. The van der Waals surface area contributed by atoms with Gasteiger partial charge in [0.15, 0.2) is 18.7 Å². The largest absolute Gasteiger partial charge is 0.482 e. The van der Waals surface area contributed by atoms with Gasteiger partial charge >= 0.3 is 0 Å². The number of piperazine rings is 1. The molecule has 0 aliphatic carbocycles. The first-order chi connectivity index (χ1) is 20.5. The Kier molecular flexibility index (Phi) is 6.93. The molecule has 2 N–H and O–H groups in total. The molecule has 11 heteroatoms. The van der Waals surface area contributed by atoms with Crippen LogP contribution in [-0.2, 0) is 4.79 Å². The SMILES string of the molecule is CC1CN(c2ccc(Nc3ncc4c(n3)N3c5ccc6c(c5)N(CCC/C=C\CN3C4O)C(=O)CO6)cc2)CCN1C. The fourth-order valence-electron chi connectivity index (χ4n) is 6.04. The summed E-state index contributed by atoms with van der Waals surface area (Å²) >= 11 is 0. The highest BCUT2D eigenvalue weighted by Crippen LogP contribution is 2.45. The lowest BCUT2D eigenvalue weighted by Gasteiger charge is -2.39. The summed E-state index contributed by atoms with van der Waals surface area (Å²) in [5.74, 6) is 1.64. The number of anilines is 6. The molecule has 11 nitrogen and oxygen atoms in total. The van der Waals surface area contributed by atoms with Crippen molar-refractivity contribution < 1.29 is 14.6 Å². The molecular formula is C31H36N8O3. The zero-order chi connectivity index (χ0) is 28.8. The number of nitrogens with one attached hydrogen (secondary N) is 1. The summed E-state index contributed by atoms with van der Waals surface area (Å²) < 4.78 is 5.74. The van der Waals surface area contributed by atoms with Crippen LogP contribution in [-0.4, -0.2) is 83.3 Å². The lowest BCUT2D eigenvalue weighted by molar-refractivity contribution is -0.121. The van der Waals surface area contributed by atoms with E-state index < -0.39 is 6.23 Å². The van der Waals surface area contributed by atoms with Crippen molar-refractivity contribution in [2.24, 2.45) is 0 Å². The number of hydrazine groups is 1. The van der Waals surface area contributed by atoms with Crippen LogP contribution in [0.4, 0.5) is 34.5 Å². The van der Waals surface area contributed by atoms with Gasteiger partial charge in [-0.25, -0.2) is 4.98 Å². The van der Waals surface area contributed by atoms with Gasteiger partial charge in [-0.15, -0.1) is 0 Å². The number of fused-ring (bicyclic) bond motifs is 5. The smallest absolute Gasteiger partial charge is 0.265 e. The van der Waals surface area contributed by atoms with Gasteiger partial charge in [-0.1, -0.05) is 12.2 Å². The molecule has 0 saturated carbocycles. The lowest BCUT2D eigenvalue weighted by Crippen LogP contribution is -2.50. The first kappa shape index (κ1) is 26.7. The number of rotatable bonds is 3. The van der Waals surface area contributed by atoms with Crippen molar-refractivity contribution >= 4 is 40.4 Å². The molecule has 4 aliphatic heterocycles. The van der Waals surface area contributed by atoms with Crippen LogP contribution in [0.25, 0.3) is 0 Å². The molecule has 0 spiro atoms. The number of allylic oxidation sites excluding steroid dienone is 1. The lowest BCUT2D eigenvalue weighted by atomic mass is 10.1. The Bertz CT molecular complexity index is 1510. The molecule has 2 unspecified atom stereocenters. The fraction of sp³-hybridized carbons (Fsp3) is 0.387. The third-order valence-corrected chi connectivity index (χ3v) is 8.60. The fourth-order valence-corrected chi connectivity index (χ4v) is 6.04. The van der Waals surface area contributed by atoms with Gasteiger partial charge < -0.3 is 29.9 Å². The van der Waals surface area contributed by atoms with Gasteiger partial charge in [0, 0.05) is 56.3 Å². The van der Waals surface area contributed by atoms with Gasteiger partial charge in [-0.3, -0.25) is 9.80 Å². The molecule has 4 aliphatic rings. The molecule has 218 valence electrons. The maximum absolute atomic E-state index is 12.8. The summed E-state index contributed by atoms with van der Waals surface area (Å²) in [6.45, 7) is 6.46. The van der Waals surface area contributed by atoms with Crippen molar-refractivity contribution in [1.29, 1.82) is 0 Å². The minimum atomic E-state index is -0.920. The van der Waals surface area contributed by atoms with E-state index in [9.17, 15) is 9.90 Å². The number of ether oxygens (including phenoxy) is 1. The molecule has 2 atom stereocenters. The normalized spacial score (nSPS) is 23.4. The summed E-state index contributed by atoms with van der Waals surface area (Å²) in [6.07, 6.45) is 6.58. The van der Waals surface area contributed by atoms with Crippen LogP contribution in [0, 0.1) is 0 Å². The van der Waals surface area contributed by atoms with Crippen LogP contribution in [0.1, 0.15) is 31.6 Å². The number of aliphatic hydroxyl groups is 1. The van der Waals surface area contributed by atoms with E-state index >= 15 is 0 Å². The number of carbonyl (C=O) groups excluding carboxylic acids is 1. The predicted octanol–water partition coefficient (Wildman–Crippen LogP) is 3.80. The number of hydrogen-bond acceptors (Lipinski definition) is 10. The van der Waals surface area contributed by atoms with Gasteiger partial charge in [0.25, 0.3) is 5.91 Å². The van der Waals surface area contributed by atoms with E-state index in [4.69, 9.17) is 9.72 Å². The van der Waals surface area contributed by atoms with E-state index in [2.05, 4.69) is 58.4 Å². The summed E-state index contributed by atoms with van der Waals surface area (Å²) in [5.41, 5.74) is 4.21. The monoisotopic (exact) mass is 568 g/mol. The van der Waals surface area contributed by atoms with Crippen LogP contribution < -0.4 is 24.9 Å². The Hall–Kier alpha value is -4.19. The number of benzene rings is 2. The minimum Gasteiger partial charge on any atom is -0.482 e. The number of aliphatic hydroxyl groups excluding tert-OH is 1. The van der Waals surface area contributed by atoms with E-state index in [1.165, 1.54) is 5.69 Å². The van der Waals surface area contributed by atoms with Gasteiger partial charge in [0.1, 0.15) is 5.75 Å². The van der Waals surface area contributed by atoms with Gasteiger partial charge in [0.05, 0.1) is 16.9 Å². The molecule has 7 rings (SSSR count). The Morgan fingerprint density at radius 2 is 1.88 bits per heavy atom. The number of nitrogens with zero attached hydrogens (tertiary/aromatic N) is 7. The third kappa shape index (κ3) is 4.83. The molecule has 1 aromatic heterocycles. The molecular weight excluding hydrogens is 532 g/mol. The molecule has 42 heavy (non-hydrogen) atoms. The van der Waals surface area contributed by atoms with Crippen molar-refractivity contribution in [2.75, 3.05) is 66.5 Å². The minimum absolute atomic E-state index is 0.0390. The number of carbonyl (C=O) groups is 1. The highest BCUT2D eigenvalue weighted by atomic mass is 16.5. The number of amides is 1. The molecule has 1 fully saturated rings. The molecule has 3 aromatic rings. The van der Waals surface area contributed by atoms with Gasteiger partial charge in [-0.2, -0.15) is 9.99 Å². The van der Waals surface area contributed by atoms with Crippen molar-refractivity contribution in [1.82, 2.24) is 19.9 Å². The maximum atomic E-state index is 12.8. The Morgan fingerprint density at radius 1 is 1.05 bits per heavy atom. The van der Waals surface area contributed by atoms with Crippen molar-refractivity contribution in [3.05, 3.63) is 66.4 Å². The standard InChI is InChI=1S/C31H36N8O3/c1-21-19-36(16-15-35(21)2)23-9-7-22(8-10-23)33-31-32-18-25-29(34-31)39-24-11-12-27-26(17-24)37(28(40)20-42-27)13-5-3-4-6-14-38(39)30(25)41/h4,6-12,17-18,21,30,41H,3,5,13-16,19-20H2,1-2H3,(H,32,33,34)/b6-4-. The Labute approximate surface area is 245 Å². The highest BCUT2D eigenvalue weighted by molar-refractivity contribution is 5.98. The number of hydrogen-bond donors (Lipinski definition) is 2. The van der Waals surface area contributed by atoms with Crippen LogP contribution >= 0.6 is 0 Å². The molecule has 1 saturated heterocycles. The number of likely N-dealkylation sites (N-methyl/N-ethyl adjacent to an activating group) is 1. The second kappa shape index (κ2) is 10.9. The molecule has 1 amide bonds. The second-order valence-corrected chi connectivity index (χ2v) is 11.3. The van der Waals surface area contributed by atoms with E-state index in [0.29, 0.717) is 42.2 Å². The van der Waals surface area contributed by atoms with Crippen LogP contribution in [0.5, 0.6) is 5.75 Å². The zero-order valence-electron chi connectivity index (χ0n) is 24.0. The van der Waals surface area contributed by atoms with Gasteiger partial charge in [-0.05, 0) is 69.3 Å². The molecule has 0 radical (unpaired) electrons. The van der Waals surface area contributed by atoms with E-state index in [0.717, 1.165) is 49.5 Å². The Balaban J connectivity index is 1.19. The highest BCUT2D eigenvalue weighted by Gasteiger charge is 2.39. The first-order valence-corrected chi connectivity index (χ1v) is 14.6. The Morgan fingerprint density at radius 3 is 2.71 bits per heavy atom. The average molecular weight is 569 g/mol. The topological polar surface area (TPSA) is 101 Å². The van der Waals surface area contributed by atoms with Crippen molar-refractivity contribution in [2.45, 2.75) is 32.0 Å². The predicted molar refractivity (Wildman–Crippen MR) is 163 cm³/mol. The van der Waals surface area contributed by atoms with Crippen molar-refractivity contribution in [3.8, 4) is 5.75 Å². The molecule has 2 bridgehead atoms. The summed E-state index contributed by atoms with van der Waals surface area (Å²) in [5, 5.41) is 18.4. The van der Waals surface area contributed by atoms with Gasteiger partial charge in [0.2, 0.25) is 5.95 Å². The van der Waals surface area contributed by atoms with E-state index in [1.807, 2.05) is 40.3 Å². The van der Waals surface area contributed by atoms with Crippen molar-refractivity contribution in [3.63, 3.8) is 0 Å². The quantitative estimate of drug-likeness (QED) is 0.454. The molecule has 5 heterocycles. The zero-order valence-corrected chi connectivity index (χ0v) is 24.0. The summed E-state index contributed by atoms with van der Waals surface area (Å²) in [7, 11) is 2.18.